The van der Waals surface area contributed by atoms with E-state index in [1.54, 1.807) is 0 Å². The van der Waals surface area contributed by atoms with E-state index in [-0.39, 0.29) is 0 Å². The Bertz CT molecular complexity index is 1340. The molecule has 0 atom stereocenters. The van der Waals surface area contributed by atoms with Gasteiger partial charge in [-0.1, -0.05) is 146 Å². The van der Waals surface area contributed by atoms with Gasteiger partial charge >= 0.3 is 0 Å². The van der Waals surface area contributed by atoms with E-state index in [0.29, 0.717) is 12.4 Å². The summed E-state index contributed by atoms with van der Waals surface area (Å²) in [4.78, 5) is 4.94. The van der Waals surface area contributed by atoms with Crippen LogP contribution < -0.4 is 32.3 Å². The van der Waals surface area contributed by atoms with Crippen molar-refractivity contribution in [1.82, 2.24) is 0 Å². The average molecular weight is 517 g/mol. The zero-order valence-electron chi connectivity index (χ0n) is 20.7. The third-order valence-electron chi connectivity index (χ3n) is 6.19. The van der Waals surface area contributed by atoms with Crippen LogP contribution in [0.15, 0.2) is 151 Å². The van der Waals surface area contributed by atoms with Crippen LogP contribution in [0, 0.1) is 0 Å². The molecule has 0 heterocycles. The molecule has 0 fully saturated rings. The van der Waals surface area contributed by atoms with Crippen LogP contribution in [0.4, 0.5) is 0 Å². The predicted octanol–water partition coefficient (Wildman–Crippen LogP) is 5.28. The molecule has 2 N–H and O–H groups in total. The van der Waals surface area contributed by atoms with Crippen molar-refractivity contribution >= 4 is 48.2 Å². The second-order valence-corrected chi connectivity index (χ2v) is 13.1. The zero-order valence-corrected chi connectivity index (χ0v) is 22.5. The van der Waals surface area contributed by atoms with Crippen LogP contribution in [0.1, 0.15) is 5.56 Å². The molecule has 0 aliphatic heterocycles. The largest absolute Gasteiger partial charge is 0.383 e. The van der Waals surface area contributed by atoms with Crippen molar-refractivity contribution in [1.29, 1.82) is 0 Å². The van der Waals surface area contributed by atoms with Gasteiger partial charge in [-0.3, -0.25) is 4.99 Å². The minimum Gasteiger partial charge on any atom is -0.383 e. The molecule has 0 aromatic heterocycles. The summed E-state index contributed by atoms with van der Waals surface area (Å²) in [7, 11) is -1.26. The van der Waals surface area contributed by atoms with Crippen LogP contribution >= 0.6 is 15.8 Å². The molecule has 0 saturated carbocycles. The van der Waals surface area contributed by atoms with Gasteiger partial charge in [0.25, 0.3) is 0 Å². The van der Waals surface area contributed by atoms with Gasteiger partial charge in [0.15, 0.2) is 0 Å². The van der Waals surface area contributed by atoms with Crippen LogP contribution in [0.3, 0.4) is 0 Å². The van der Waals surface area contributed by atoms with E-state index < -0.39 is 15.8 Å². The number of nitrogens with zero attached hydrogens (tertiary/aromatic N) is 1. The van der Waals surface area contributed by atoms with Gasteiger partial charge in [-0.15, -0.1) is 0 Å². The molecule has 0 aliphatic carbocycles. The summed E-state index contributed by atoms with van der Waals surface area (Å²) in [5, 5.41) is 6.59. The SMILES string of the molecule is NC(=NCCP(c1ccccc1)c1ccccc1)c1ccccc1P(c1ccccc1)c1ccccc1. The molecule has 0 unspecified atom stereocenters. The second-order valence-electron chi connectivity index (χ2n) is 8.61. The van der Waals surface area contributed by atoms with Crippen LogP contribution in [-0.4, -0.2) is 18.5 Å². The van der Waals surface area contributed by atoms with E-state index in [2.05, 4.69) is 146 Å². The van der Waals surface area contributed by atoms with Gasteiger partial charge in [-0.25, -0.2) is 0 Å². The molecule has 4 heteroatoms. The molecule has 0 aliphatic rings. The highest BCUT2D eigenvalue weighted by Gasteiger charge is 2.20. The molecule has 2 nitrogen and oxygen atoms in total. The molecule has 0 saturated heterocycles. The van der Waals surface area contributed by atoms with Crippen molar-refractivity contribution in [2.45, 2.75) is 0 Å². The highest BCUT2D eigenvalue weighted by atomic mass is 31.1. The van der Waals surface area contributed by atoms with E-state index in [4.69, 9.17) is 10.7 Å². The van der Waals surface area contributed by atoms with Crippen molar-refractivity contribution in [3.8, 4) is 0 Å². The fraction of sp³-hybridized carbons (Fsp3) is 0.0606. The number of hydrogen-bond donors (Lipinski definition) is 1. The monoisotopic (exact) mass is 516 g/mol. The molecule has 182 valence electrons. The predicted molar refractivity (Wildman–Crippen MR) is 165 cm³/mol. The van der Waals surface area contributed by atoms with Gasteiger partial charge in [-0.2, -0.15) is 0 Å². The van der Waals surface area contributed by atoms with Crippen molar-refractivity contribution in [2.24, 2.45) is 10.7 Å². The lowest BCUT2D eigenvalue weighted by molar-refractivity contribution is 1.13. The minimum absolute atomic E-state index is 0.501. The summed E-state index contributed by atoms with van der Waals surface area (Å²) < 4.78 is 0. The first-order valence-electron chi connectivity index (χ1n) is 12.5. The number of aliphatic imine (C=N–C) groups is 1. The lowest BCUT2D eigenvalue weighted by atomic mass is 10.2. The lowest BCUT2D eigenvalue weighted by Crippen LogP contribution is -2.28. The first-order valence-corrected chi connectivity index (χ1v) is 15.4. The Kier molecular flexibility index (Phi) is 8.54. The summed E-state index contributed by atoms with van der Waals surface area (Å²) in [5.41, 5.74) is 7.75. The van der Waals surface area contributed by atoms with E-state index in [0.717, 1.165) is 11.7 Å². The van der Waals surface area contributed by atoms with Gasteiger partial charge < -0.3 is 5.73 Å². The third kappa shape index (κ3) is 6.23. The van der Waals surface area contributed by atoms with Gasteiger partial charge in [0, 0.05) is 12.1 Å². The second kappa shape index (κ2) is 12.6. The Morgan fingerprint density at radius 1 is 0.514 bits per heavy atom. The average Bonchev–Trinajstić information content (AvgIpc) is 2.98. The number of rotatable bonds is 9. The van der Waals surface area contributed by atoms with Crippen molar-refractivity contribution in [2.75, 3.05) is 12.7 Å². The number of benzene rings is 5. The summed E-state index contributed by atoms with van der Waals surface area (Å²) in [5.74, 6) is 0.617. The summed E-state index contributed by atoms with van der Waals surface area (Å²) in [6, 6.07) is 51.5. The standard InChI is InChI=1S/C33H30N2P2/c34-33(35-25-26-36(27-15-5-1-6-16-27)28-17-7-2-8-18-28)31-23-13-14-24-32(31)37(29-19-9-3-10-20-29)30-21-11-4-12-22-30/h1-24H,25-26H2,(H2,34,35). The van der Waals surface area contributed by atoms with E-state index in [1.807, 2.05) is 0 Å². The van der Waals surface area contributed by atoms with E-state index >= 15 is 0 Å². The Labute approximate surface area is 222 Å². The van der Waals surface area contributed by atoms with Crippen LogP contribution in [0.25, 0.3) is 0 Å². The van der Waals surface area contributed by atoms with Crippen molar-refractivity contribution in [3.63, 3.8) is 0 Å². The number of hydrogen-bond acceptors (Lipinski definition) is 1. The molecule has 5 rings (SSSR count). The highest BCUT2D eigenvalue weighted by Crippen LogP contribution is 2.35. The summed E-state index contributed by atoms with van der Waals surface area (Å²) >= 11 is 0. The summed E-state index contributed by atoms with van der Waals surface area (Å²) in [6.07, 6.45) is 0.957. The smallest absolute Gasteiger partial charge is 0.126 e. The van der Waals surface area contributed by atoms with E-state index in [9.17, 15) is 0 Å². The van der Waals surface area contributed by atoms with Crippen LogP contribution in [0.2, 0.25) is 0 Å². The quantitative estimate of drug-likeness (QED) is 0.162. The molecular weight excluding hydrogens is 486 g/mol. The molecule has 5 aromatic carbocycles. The molecule has 0 spiro atoms. The Morgan fingerprint density at radius 2 is 0.919 bits per heavy atom. The fourth-order valence-electron chi connectivity index (χ4n) is 4.45. The maximum Gasteiger partial charge on any atom is 0.126 e. The van der Waals surface area contributed by atoms with Crippen LogP contribution in [0.5, 0.6) is 0 Å². The Balaban J connectivity index is 1.45. The lowest BCUT2D eigenvalue weighted by Gasteiger charge is -2.22. The highest BCUT2D eigenvalue weighted by molar-refractivity contribution is 7.80. The van der Waals surface area contributed by atoms with Crippen LogP contribution in [-0.2, 0) is 0 Å². The molecule has 37 heavy (non-hydrogen) atoms. The number of nitrogens with two attached hydrogens (primary N) is 1. The third-order valence-corrected chi connectivity index (χ3v) is 11.2. The first-order chi connectivity index (χ1) is 18.3. The normalized spacial score (nSPS) is 11.7. The van der Waals surface area contributed by atoms with Gasteiger partial charge in [0.2, 0.25) is 0 Å². The van der Waals surface area contributed by atoms with Gasteiger partial charge in [0.1, 0.15) is 5.84 Å². The van der Waals surface area contributed by atoms with Crippen molar-refractivity contribution in [3.05, 3.63) is 151 Å². The summed E-state index contributed by atoms with van der Waals surface area (Å²) in [6.45, 7) is 0.685. The van der Waals surface area contributed by atoms with Gasteiger partial charge in [0.05, 0.1) is 0 Å². The molecular formula is C33H30N2P2. The number of amidine groups is 1. The zero-order chi connectivity index (χ0) is 25.3. The molecule has 5 aromatic rings. The first kappa shape index (κ1) is 25.1. The van der Waals surface area contributed by atoms with Crippen molar-refractivity contribution < 1.29 is 0 Å². The maximum atomic E-state index is 6.72. The Morgan fingerprint density at radius 3 is 1.41 bits per heavy atom. The maximum absolute atomic E-state index is 6.72. The topological polar surface area (TPSA) is 38.4 Å². The Hall–Kier alpha value is -3.57. The van der Waals surface area contributed by atoms with Gasteiger partial charge in [-0.05, 0) is 48.5 Å². The molecule has 0 amide bonds. The minimum atomic E-state index is -0.756. The molecule has 0 radical (unpaired) electrons. The van der Waals surface area contributed by atoms with E-state index in [1.165, 1.54) is 26.5 Å². The molecule has 0 bridgehead atoms. The fourth-order valence-corrected chi connectivity index (χ4v) is 9.08.